The minimum atomic E-state index is -3.77. The van der Waals surface area contributed by atoms with Gasteiger partial charge < -0.3 is 0 Å². The Labute approximate surface area is 148 Å². The van der Waals surface area contributed by atoms with E-state index in [1.165, 1.54) is 18.5 Å². The first-order valence-electron chi connectivity index (χ1n) is 7.81. The quantitative estimate of drug-likeness (QED) is 0.710. The fourth-order valence-corrected chi connectivity index (χ4v) is 3.76. The van der Waals surface area contributed by atoms with Gasteiger partial charge in [0.1, 0.15) is 0 Å². The minimum absolute atomic E-state index is 0.00425. The number of carbonyl (C=O) groups excluding carboxylic acids is 1. The van der Waals surface area contributed by atoms with Gasteiger partial charge in [0, 0.05) is 20.0 Å². The van der Waals surface area contributed by atoms with Crippen molar-refractivity contribution in [3.05, 3.63) is 60.2 Å². The molecule has 134 valence electrons. The molecule has 0 aliphatic rings. The molecule has 0 atom stereocenters. The first-order chi connectivity index (χ1) is 11.9. The molecule has 0 heterocycles. The zero-order chi connectivity index (χ0) is 18.4. The topological polar surface area (TPSA) is 66.9 Å². The van der Waals surface area contributed by atoms with Crippen molar-refractivity contribution in [3.63, 3.8) is 0 Å². The van der Waals surface area contributed by atoms with E-state index in [-0.39, 0.29) is 23.8 Å². The molecule has 2 rings (SSSR count). The lowest BCUT2D eigenvalue weighted by molar-refractivity contribution is -0.168. The molecule has 0 aliphatic carbocycles. The van der Waals surface area contributed by atoms with Crippen LogP contribution >= 0.6 is 0 Å². The molecule has 0 fully saturated rings. The van der Waals surface area contributed by atoms with E-state index in [9.17, 15) is 13.2 Å². The predicted octanol–water partition coefficient (Wildman–Crippen LogP) is 2.60. The number of hydrogen-bond acceptors (Lipinski definition) is 4. The van der Waals surface area contributed by atoms with Crippen molar-refractivity contribution in [1.82, 2.24) is 5.06 Å². The number of carbonyl (C=O) groups is 1. The summed E-state index contributed by atoms with van der Waals surface area (Å²) in [5.74, 6) is -0.303. The summed E-state index contributed by atoms with van der Waals surface area (Å²) < 4.78 is 27.3. The molecule has 0 saturated heterocycles. The minimum Gasteiger partial charge on any atom is -0.275 e. The highest BCUT2D eigenvalue weighted by molar-refractivity contribution is 7.92. The highest BCUT2D eigenvalue weighted by Gasteiger charge is 2.25. The highest BCUT2D eigenvalue weighted by atomic mass is 32.2. The van der Waals surface area contributed by atoms with Gasteiger partial charge in [-0.25, -0.2) is 13.5 Å². The third-order valence-corrected chi connectivity index (χ3v) is 5.65. The van der Waals surface area contributed by atoms with Gasteiger partial charge in [-0.2, -0.15) is 0 Å². The number of amides is 1. The second-order valence-corrected chi connectivity index (χ2v) is 7.41. The molecule has 7 heteroatoms. The van der Waals surface area contributed by atoms with Crippen molar-refractivity contribution in [1.29, 1.82) is 0 Å². The largest absolute Gasteiger partial charge is 0.275 e. The van der Waals surface area contributed by atoms with Gasteiger partial charge in [-0.05, 0) is 31.2 Å². The van der Waals surface area contributed by atoms with Gasteiger partial charge in [-0.3, -0.25) is 13.9 Å². The van der Waals surface area contributed by atoms with Crippen LogP contribution in [0.3, 0.4) is 0 Å². The molecule has 0 bridgehead atoms. The number of hydroxylamine groups is 2. The summed E-state index contributed by atoms with van der Waals surface area (Å²) in [7, 11) is -0.898. The van der Waals surface area contributed by atoms with Crippen LogP contribution in [0.4, 0.5) is 5.69 Å². The number of benzene rings is 2. The van der Waals surface area contributed by atoms with Crippen LogP contribution in [0, 0.1) is 6.92 Å². The number of anilines is 1. The van der Waals surface area contributed by atoms with E-state index in [1.54, 1.807) is 42.5 Å². The SMILES string of the molecule is CON(C)C(=O)CCN(c1ccc(C)cc1)S(=O)(=O)c1ccccc1. The van der Waals surface area contributed by atoms with Crippen LogP contribution in [-0.4, -0.2) is 40.1 Å². The van der Waals surface area contributed by atoms with E-state index in [4.69, 9.17) is 4.84 Å². The Morgan fingerprint density at radius 3 is 2.20 bits per heavy atom. The summed E-state index contributed by atoms with van der Waals surface area (Å²) in [5.41, 5.74) is 1.54. The van der Waals surface area contributed by atoms with Crippen molar-refractivity contribution < 1.29 is 18.0 Å². The molecule has 0 aromatic heterocycles. The smallest absolute Gasteiger partial charge is 0.264 e. The zero-order valence-corrected chi connectivity index (χ0v) is 15.4. The van der Waals surface area contributed by atoms with Crippen LogP contribution in [0.2, 0.25) is 0 Å². The first-order valence-corrected chi connectivity index (χ1v) is 9.25. The van der Waals surface area contributed by atoms with Gasteiger partial charge in [0.05, 0.1) is 17.7 Å². The lowest BCUT2D eigenvalue weighted by atomic mass is 10.2. The third-order valence-electron chi connectivity index (χ3n) is 3.81. The van der Waals surface area contributed by atoms with Gasteiger partial charge in [0.25, 0.3) is 10.0 Å². The summed E-state index contributed by atoms with van der Waals surface area (Å²) in [6.07, 6.45) is 0.00425. The molecular formula is C18H22N2O4S. The Hall–Kier alpha value is -2.38. The third kappa shape index (κ3) is 4.58. The second-order valence-electron chi connectivity index (χ2n) is 5.55. The van der Waals surface area contributed by atoms with E-state index in [0.717, 1.165) is 10.6 Å². The van der Waals surface area contributed by atoms with Gasteiger partial charge in [-0.1, -0.05) is 35.9 Å². The second kappa shape index (κ2) is 8.13. The molecule has 25 heavy (non-hydrogen) atoms. The van der Waals surface area contributed by atoms with Crippen molar-refractivity contribution in [3.8, 4) is 0 Å². The lowest BCUT2D eigenvalue weighted by Gasteiger charge is -2.25. The molecule has 0 unspecified atom stereocenters. The number of nitrogens with zero attached hydrogens (tertiary/aromatic N) is 2. The molecule has 1 amide bonds. The molecule has 0 spiro atoms. The molecule has 2 aromatic rings. The maximum absolute atomic E-state index is 13.0. The number of hydrogen-bond donors (Lipinski definition) is 0. The molecule has 0 saturated carbocycles. The normalized spacial score (nSPS) is 11.2. The van der Waals surface area contributed by atoms with Gasteiger partial charge in [0.15, 0.2) is 0 Å². The molecule has 0 aliphatic heterocycles. The molecule has 0 N–H and O–H groups in total. The van der Waals surface area contributed by atoms with E-state index >= 15 is 0 Å². The van der Waals surface area contributed by atoms with E-state index in [1.807, 2.05) is 19.1 Å². The van der Waals surface area contributed by atoms with Crippen molar-refractivity contribution in [2.24, 2.45) is 0 Å². The van der Waals surface area contributed by atoms with Crippen LogP contribution < -0.4 is 4.31 Å². The summed E-state index contributed by atoms with van der Waals surface area (Å²) in [4.78, 5) is 17.0. The lowest BCUT2D eigenvalue weighted by Crippen LogP contribution is -2.35. The first kappa shape index (κ1) is 19.0. The standard InChI is InChI=1S/C18H22N2O4S/c1-15-9-11-16(12-10-15)20(14-13-18(21)19(2)24-3)25(22,23)17-7-5-4-6-8-17/h4-12H,13-14H2,1-3H3. The summed E-state index contributed by atoms with van der Waals surface area (Å²) in [6, 6.07) is 15.3. The fraction of sp³-hybridized carbons (Fsp3) is 0.278. The average Bonchev–Trinajstić information content (AvgIpc) is 2.63. The van der Waals surface area contributed by atoms with Gasteiger partial charge in [-0.15, -0.1) is 0 Å². The average molecular weight is 362 g/mol. The summed E-state index contributed by atoms with van der Waals surface area (Å²) in [5, 5.41) is 1.09. The maximum atomic E-state index is 13.0. The fourth-order valence-electron chi connectivity index (χ4n) is 2.28. The Kier molecular flexibility index (Phi) is 6.17. The zero-order valence-electron chi connectivity index (χ0n) is 14.5. The number of aryl methyl sites for hydroxylation is 1. The molecule has 0 radical (unpaired) electrons. The Morgan fingerprint density at radius 2 is 1.64 bits per heavy atom. The van der Waals surface area contributed by atoms with Crippen LogP contribution in [0.1, 0.15) is 12.0 Å². The van der Waals surface area contributed by atoms with Crippen LogP contribution in [0.5, 0.6) is 0 Å². The number of rotatable bonds is 7. The van der Waals surface area contributed by atoms with Crippen LogP contribution in [0.25, 0.3) is 0 Å². The van der Waals surface area contributed by atoms with Crippen molar-refractivity contribution in [2.75, 3.05) is 25.0 Å². The summed E-state index contributed by atoms with van der Waals surface area (Å²) >= 11 is 0. The Morgan fingerprint density at radius 1 is 1.04 bits per heavy atom. The summed E-state index contributed by atoms with van der Waals surface area (Å²) in [6.45, 7) is 1.95. The van der Waals surface area contributed by atoms with E-state index < -0.39 is 10.0 Å². The number of sulfonamides is 1. The maximum Gasteiger partial charge on any atom is 0.264 e. The van der Waals surface area contributed by atoms with Crippen molar-refractivity contribution >= 4 is 21.6 Å². The predicted molar refractivity (Wildman–Crippen MR) is 96.5 cm³/mol. The van der Waals surface area contributed by atoms with Gasteiger partial charge >= 0.3 is 0 Å². The molecule has 6 nitrogen and oxygen atoms in total. The van der Waals surface area contributed by atoms with E-state index in [0.29, 0.717) is 5.69 Å². The molecule has 2 aromatic carbocycles. The molecular weight excluding hydrogens is 340 g/mol. The van der Waals surface area contributed by atoms with Gasteiger partial charge in [0.2, 0.25) is 5.91 Å². The van der Waals surface area contributed by atoms with Crippen LogP contribution in [0.15, 0.2) is 59.5 Å². The van der Waals surface area contributed by atoms with Crippen molar-refractivity contribution in [2.45, 2.75) is 18.2 Å². The Bertz CT molecular complexity index is 805. The van der Waals surface area contributed by atoms with E-state index in [2.05, 4.69) is 0 Å². The van der Waals surface area contributed by atoms with Crippen LogP contribution in [-0.2, 0) is 19.7 Å². The Balaban J connectivity index is 2.35. The highest BCUT2D eigenvalue weighted by Crippen LogP contribution is 2.24. The monoisotopic (exact) mass is 362 g/mol.